The monoisotopic (exact) mass is 470 g/mol. The van der Waals surface area contributed by atoms with Gasteiger partial charge < -0.3 is 10.1 Å². The highest BCUT2D eigenvalue weighted by Gasteiger charge is 2.30. The van der Waals surface area contributed by atoms with Gasteiger partial charge in [0.15, 0.2) is 6.10 Å². The molecule has 1 fully saturated rings. The quantitative estimate of drug-likeness (QED) is 0.644. The van der Waals surface area contributed by atoms with Crippen molar-refractivity contribution in [1.82, 2.24) is 4.31 Å². The summed E-state index contributed by atoms with van der Waals surface area (Å²) in [6.07, 6.45) is 0.432. The number of esters is 1. The van der Waals surface area contributed by atoms with Gasteiger partial charge in [-0.3, -0.25) is 4.79 Å². The van der Waals surface area contributed by atoms with E-state index in [1.807, 2.05) is 0 Å². The molecule has 0 aliphatic carbocycles. The zero-order valence-corrected chi connectivity index (χ0v) is 18.4. The van der Waals surface area contributed by atoms with Crippen LogP contribution in [0, 0.1) is 0 Å². The molecule has 2 aromatic carbocycles. The Hall–Kier alpha value is -2.13. The van der Waals surface area contributed by atoms with Gasteiger partial charge in [0, 0.05) is 23.8 Å². The van der Waals surface area contributed by atoms with Crippen molar-refractivity contribution in [3.63, 3.8) is 0 Å². The van der Waals surface area contributed by atoms with Crippen molar-refractivity contribution < 1.29 is 22.7 Å². The second kappa shape index (κ2) is 9.34. The Balaban J connectivity index is 1.73. The van der Waals surface area contributed by atoms with Gasteiger partial charge in [0.25, 0.3) is 5.91 Å². The lowest BCUT2D eigenvalue weighted by Crippen LogP contribution is -2.30. The molecule has 1 heterocycles. The third kappa shape index (κ3) is 5.13. The molecule has 0 spiro atoms. The molecule has 160 valence electrons. The highest BCUT2D eigenvalue weighted by atomic mass is 35.5. The maximum absolute atomic E-state index is 12.8. The molecule has 30 heavy (non-hydrogen) atoms. The molecule has 1 saturated heterocycles. The van der Waals surface area contributed by atoms with Crippen LogP contribution in [0.25, 0.3) is 0 Å². The number of hydrogen-bond acceptors (Lipinski definition) is 5. The van der Waals surface area contributed by atoms with E-state index in [0.717, 1.165) is 12.8 Å². The number of anilines is 1. The number of carbonyl (C=O) groups excluding carboxylic acids is 2. The zero-order chi connectivity index (χ0) is 21.9. The minimum Gasteiger partial charge on any atom is -0.449 e. The Bertz CT molecular complexity index is 1070. The van der Waals surface area contributed by atoms with Gasteiger partial charge in [0.2, 0.25) is 10.0 Å². The lowest BCUT2D eigenvalue weighted by molar-refractivity contribution is -0.123. The SMILES string of the molecule is C[C@H](OC(=O)c1ccc(Cl)c(S(=O)(=O)N2CCCC2)c1)C(=O)Nc1cccc(Cl)c1. The molecule has 7 nitrogen and oxygen atoms in total. The summed E-state index contributed by atoms with van der Waals surface area (Å²) >= 11 is 12.0. The number of nitrogens with zero attached hydrogens (tertiary/aromatic N) is 1. The maximum Gasteiger partial charge on any atom is 0.338 e. The normalized spacial score (nSPS) is 15.6. The third-order valence-electron chi connectivity index (χ3n) is 4.59. The van der Waals surface area contributed by atoms with Gasteiger partial charge in [0.1, 0.15) is 4.90 Å². The first-order valence-corrected chi connectivity index (χ1v) is 11.4. The summed E-state index contributed by atoms with van der Waals surface area (Å²) in [6, 6.07) is 10.4. The van der Waals surface area contributed by atoms with E-state index in [2.05, 4.69) is 5.32 Å². The van der Waals surface area contributed by atoms with Crippen LogP contribution in [0.4, 0.5) is 5.69 Å². The van der Waals surface area contributed by atoms with Gasteiger partial charge >= 0.3 is 5.97 Å². The van der Waals surface area contributed by atoms with Crippen LogP contribution >= 0.6 is 23.2 Å². The van der Waals surface area contributed by atoms with E-state index in [0.29, 0.717) is 23.8 Å². The Morgan fingerprint density at radius 1 is 1.10 bits per heavy atom. The van der Waals surface area contributed by atoms with E-state index in [1.165, 1.54) is 29.4 Å². The van der Waals surface area contributed by atoms with E-state index >= 15 is 0 Å². The molecule has 0 aromatic heterocycles. The predicted octanol–water partition coefficient (Wildman–Crippen LogP) is 3.96. The highest BCUT2D eigenvalue weighted by Crippen LogP contribution is 2.28. The number of nitrogens with one attached hydrogen (secondary N) is 1. The number of hydrogen-bond donors (Lipinski definition) is 1. The molecule has 3 rings (SSSR count). The van der Waals surface area contributed by atoms with Crippen LogP contribution in [0.3, 0.4) is 0 Å². The molecule has 1 aliphatic rings. The fraction of sp³-hybridized carbons (Fsp3) is 0.300. The highest BCUT2D eigenvalue weighted by molar-refractivity contribution is 7.89. The van der Waals surface area contributed by atoms with Crippen molar-refractivity contribution in [3.8, 4) is 0 Å². The molecule has 1 atom stereocenters. The van der Waals surface area contributed by atoms with E-state index in [4.69, 9.17) is 27.9 Å². The molecule has 1 amide bonds. The summed E-state index contributed by atoms with van der Waals surface area (Å²) in [5.41, 5.74) is 0.445. The molecule has 1 aliphatic heterocycles. The minimum atomic E-state index is -3.81. The van der Waals surface area contributed by atoms with Crippen molar-refractivity contribution in [2.45, 2.75) is 30.8 Å². The van der Waals surface area contributed by atoms with Crippen LogP contribution in [-0.4, -0.2) is 43.8 Å². The van der Waals surface area contributed by atoms with Gasteiger partial charge in [-0.2, -0.15) is 4.31 Å². The van der Waals surface area contributed by atoms with Gasteiger partial charge in [-0.15, -0.1) is 0 Å². The number of rotatable bonds is 6. The van der Waals surface area contributed by atoms with Crippen molar-refractivity contribution in [3.05, 3.63) is 58.1 Å². The average Bonchev–Trinajstić information content (AvgIpc) is 3.23. The Morgan fingerprint density at radius 3 is 2.47 bits per heavy atom. The van der Waals surface area contributed by atoms with Crippen molar-refractivity contribution in [1.29, 1.82) is 0 Å². The Kier molecular flexibility index (Phi) is 7.02. The Labute approximate surface area is 185 Å². The van der Waals surface area contributed by atoms with Gasteiger partial charge in [-0.1, -0.05) is 29.3 Å². The maximum atomic E-state index is 12.8. The molecular weight excluding hydrogens is 451 g/mol. The molecule has 2 aromatic rings. The smallest absolute Gasteiger partial charge is 0.338 e. The summed E-state index contributed by atoms with van der Waals surface area (Å²) in [5.74, 6) is -1.39. The van der Waals surface area contributed by atoms with Crippen LogP contribution in [-0.2, 0) is 19.6 Å². The summed E-state index contributed by atoms with van der Waals surface area (Å²) in [6.45, 7) is 2.23. The summed E-state index contributed by atoms with van der Waals surface area (Å²) in [5, 5.41) is 3.07. The summed E-state index contributed by atoms with van der Waals surface area (Å²) < 4.78 is 32.1. The third-order valence-corrected chi connectivity index (χ3v) is 7.21. The molecule has 0 bridgehead atoms. The number of carbonyl (C=O) groups is 2. The van der Waals surface area contributed by atoms with Crippen molar-refractivity contribution in [2.24, 2.45) is 0 Å². The van der Waals surface area contributed by atoms with Crippen LogP contribution < -0.4 is 5.32 Å². The Morgan fingerprint density at radius 2 is 1.80 bits per heavy atom. The van der Waals surface area contributed by atoms with Crippen molar-refractivity contribution in [2.75, 3.05) is 18.4 Å². The van der Waals surface area contributed by atoms with Crippen molar-refractivity contribution >= 4 is 50.8 Å². The topological polar surface area (TPSA) is 92.8 Å². The van der Waals surface area contributed by atoms with Gasteiger partial charge in [0.05, 0.1) is 10.6 Å². The van der Waals surface area contributed by atoms with Crippen LogP contribution in [0.15, 0.2) is 47.4 Å². The summed E-state index contributed by atoms with van der Waals surface area (Å²) in [7, 11) is -3.81. The fourth-order valence-corrected chi connectivity index (χ4v) is 5.20. The standard InChI is InChI=1S/C20H20Cl2N2O5S/c1-13(19(25)23-16-6-4-5-15(21)12-16)29-20(26)14-7-8-17(22)18(11-14)30(27,28)24-9-2-3-10-24/h4-8,11-13H,2-3,9-10H2,1H3,(H,23,25)/t13-/m0/s1. The number of ether oxygens (including phenoxy) is 1. The zero-order valence-electron chi connectivity index (χ0n) is 16.1. The lowest BCUT2D eigenvalue weighted by Gasteiger charge is -2.17. The molecule has 0 saturated carbocycles. The largest absolute Gasteiger partial charge is 0.449 e. The van der Waals surface area contributed by atoms with Crippen LogP contribution in [0.2, 0.25) is 10.0 Å². The second-order valence-electron chi connectivity index (χ2n) is 6.80. The number of amides is 1. The number of halogens is 2. The molecular formula is C20H20Cl2N2O5S. The van der Waals surface area contributed by atoms with E-state index in [9.17, 15) is 18.0 Å². The molecule has 10 heteroatoms. The minimum absolute atomic E-state index is 0.0143. The van der Waals surface area contributed by atoms with E-state index in [-0.39, 0.29) is 15.5 Å². The van der Waals surface area contributed by atoms with E-state index in [1.54, 1.807) is 24.3 Å². The summed E-state index contributed by atoms with van der Waals surface area (Å²) in [4.78, 5) is 24.6. The first kappa shape index (κ1) is 22.6. The molecule has 0 radical (unpaired) electrons. The predicted molar refractivity (Wildman–Crippen MR) is 114 cm³/mol. The first-order chi connectivity index (χ1) is 14.2. The molecule has 0 unspecified atom stereocenters. The fourth-order valence-electron chi connectivity index (χ4n) is 2.99. The van der Waals surface area contributed by atoms with Crippen LogP contribution in [0.1, 0.15) is 30.1 Å². The second-order valence-corrected chi connectivity index (χ2v) is 9.55. The first-order valence-electron chi connectivity index (χ1n) is 9.25. The molecule has 1 N–H and O–H groups in total. The van der Waals surface area contributed by atoms with Gasteiger partial charge in [-0.25, -0.2) is 13.2 Å². The number of benzene rings is 2. The lowest BCUT2D eigenvalue weighted by atomic mass is 10.2. The van der Waals surface area contributed by atoms with Gasteiger partial charge in [-0.05, 0) is 56.2 Å². The van der Waals surface area contributed by atoms with Crippen LogP contribution in [0.5, 0.6) is 0 Å². The number of sulfonamides is 1. The average molecular weight is 471 g/mol. The van der Waals surface area contributed by atoms with E-state index < -0.39 is 28.0 Å².